The zero-order valence-corrected chi connectivity index (χ0v) is 21.9. The fourth-order valence-electron chi connectivity index (χ4n) is 6.43. The van der Waals surface area contributed by atoms with Crippen molar-refractivity contribution in [1.82, 2.24) is 14.7 Å². The molecule has 1 spiro atoms. The average Bonchev–Trinajstić information content (AvgIpc) is 3.37. The number of carbonyl (C=O) groups excluding carboxylic acids is 2. The van der Waals surface area contributed by atoms with Gasteiger partial charge in [0, 0.05) is 44.8 Å². The van der Waals surface area contributed by atoms with Gasteiger partial charge in [0.25, 0.3) is 5.91 Å². The molecule has 8 heteroatoms. The number of likely N-dealkylation sites (tertiary alicyclic amines) is 1. The number of methoxy groups -OCH3 is 2. The molecule has 2 atom stereocenters. The van der Waals surface area contributed by atoms with E-state index in [2.05, 4.69) is 26.0 Å². The number of nitrogens with zero attached hydrogens (tertiary/aromatic N) is 3. The van der Waals surface area contributed by atoms with E-state index in [4.69, 9.17) is 9.47 Å². The molecule has 0 bridgehead atoms. The Morgan fingerprint density at radius 1 is 1.26 bits per heavy atom. The van der Waals surface area contributed by atoms with Crippen LogP contribution < -0.4 is 0 Å². The van der Waals surface area contributed by atoms with Crippen molar-refractivity contribution in [3.8, 4) is 0 Å². The molecule has 3 amide bonds. The first-order valence-corrected chi connectivity index (χ1v) is 13.5. The molecular formula is C27H35N3O4S. The van der Waals surface area contributed by atoms with Gasteiger partial charge in [-0.25, -0.2) is 4.79 Å². The number of piperidine rings is 1. The Labute approximate surface area is 211 Å². The highest BCUT2D eigenvalue weighted by atomic mass is 32.1. The lowest BCUT2D eigenvalue weighted by Gasteiger charge is -2.44. The van der Waals surface area contributed by atoms with Crippen LogP contribution >= 0.6 is 11.3 Å². The second-order valence-corrected chi connectivity index (χ2v) is 10.8. The largest absolute Gasteiger partial charge is 0.501 e. The molecule has 1 aromatic heterocycles. The normalized spacial score (nSPS) is 26.2. The van der Waals surface area contributed by atoms with Crippen molar-refractivity contribution in [2.45, 2.75) is 51.2 Å². The third-order valence-electron chi connectivity index (χ3n) is 8.15. The van der Waals surface area contributed by atoms with Gasteiger partial charge in [0.1, 0.15) is 0 Å². The van der Waals surface area contributed by atoms with Crippen LogP contribution in [0.4, 0.5) is 4.79 Å². The van der Waals surface area contributed by atoms with Crippen LogP contribution in [-0.4, -0.2) is 78.7 Å². The zero-order chi connectivity index (χ0) is 24.7. The van der Waals surface area contributed by atoms with Gasteiger partial charge < -0.3 is 19.3 Å². The van der Waals surface area contributed by atoms with Crippen LogP contribution in [0.5, 0.6) is 0 Å². The molecule has 188 valence electrons. The van der Waals surface area contributed by atoms with E-state index in [-0.39, 0.29) is 29.5 Å². The first-order chi connectivity index (χ1) is 16.9. The Morgan fingerprint density at radius 3 is 2.66 bits per heavy atom. The number of fused-ring (bicyclic) bond motifs is 2. The maximum atomic E-state index is 13.8. The van der Waals surface area contributed by atoms with Gasteiger partial charge in [-0.3, -0.25) is 9.69 Å². The van der Waals surface area contributed by atoms with E-state index in [9.17, 15) is 9.59 Å². The molecule has 7 nitrogen and oxygen atoms in total. The maximum absolute atomic E-state index is 13.8. The van der Waals surface area contributed by atoms with E-state index < -0.39 is 0 Å². The number of allylic oxidation sites excluding steroid dienone is 2. The Balaban J connectivity index is 1.49. The number of hydrogen-bond donors (Lipinski definition) is 0. The second kappa shape index (κ2) is 9.47. The van der Waals surface area contributed by atoms with Crippen LogP contribution in [0.2, 0.25) is 0 Å². The molecule has 35 heavy (non-hydrogen) atoms. The molecule has 0 radical (unpaired) electrons. The quantitative estimate of drug-likeness (QED) is 0.608. The highest BCUT2D eigenvalue weighted by Crippen LogP contribution is 2.47. The summed E-state index contributed by atoms with van der Waals surface area (Å²) >= 11 is 1.48. The monoisotopic (exact) mass is 497 g/mol. The van der Waals surface area contributed by atoms with Crippen molar-refractivity contribution in [1.29, 1.82) is 0 Å². The van der Waals surface area contributed by atoms with E-state index in [1.54, 1.807) is 14.2 Å². The van der Waals surface area contributed by atoms with E-state index in [0.29, 0.717) is 26.2 Å². The van der Waals surface area contributed by atoms with Crippen molar-refractivity contribution in [3.63, 3.8) is 0 Å². The fraction of sp³-hybridized carbons (Fsp3) is 0.556. The number of likely N-dealkylation sites (N-methyl/N-ethyl adjacent to an activating group) is 1. The number of carbonyl (C=O) groups is 2. The summed E-state index contributed by atoms with van der Waals surface area (Å²) in [6, 6.07) is 3.86. The van der Waals surface area contributed by atoms with Gasteiger partial charge in [0.2, 0.25) is 0 Å². The smallest absolute Gasteiger partial charge is 0.325 e. The van der Waals surface area contributed by atoms with Gasteiger partial charge in [-0.1, -0.05) is 19.1 Å². The Kier molecular flexibility index (Phi) is 6.53. The van der Waals surface area contributed by atoms with Gasteiger partial charge in [0.05, 0.1) is 35.9 Å². The van der Waals surface area contributed by atoms with Crippen LogP contribution in [0.3, 0.4) is 0 Å². The van der Waals surface area contributed by atoms with Gasteiger partial charge in [0.15, 0.2) is 0 Å². The number of ether oxygens (including phenoxy) is 2. The van der Waals surface area contributed by atoms with Crippen LogP contribution in [0.1, 0.15) is 49.2 Å². The summed E-state index contributed by atoms with van der Waals surface area (Å²) in [5, 5.41) is 1.94. The summed E-state index contributed by atoms with van der Waals surface area (Å²) in [4.78, 5) is 33.5. The number of amides is 3. The third kappa shape index (κ3) is 3.91. The lowest BCUT2D eigenvalue weighted by atomic mass is 9.81. The summed E-state index contributed by atoms with van der Waals surface area (Å²) in [5.41, 5.74) is 3.08. The molecule has 3 aliphatic heterocycles. The van der Waals surface area contributed by atoms with Gasteiger partial charge in [-0.2, -0.15) is 0 Å². The summed E-state index contributed by atoms with van der Waals surface area (Å²) in [6.45, 7) is 6.72. The maximum Gasteiger partial charge on any atom is 0.325 e. The molecule has 0 aromatic carbocycles. The highest BCUT2D eigenvalue weighted by Gasteiger charge is 2.55. The van der Waals surface area contributed by atoms with Crippen molar-refractivity contribution in [2.24, 2.45) is 5.92 Å². The fourth-order valence-corrected chi connectivity index (χ4v) is 7.12. The molecule has 0 N–H and O–H groups in total. The van der Waals surface area contributed by atoms with Gasteiger partial charge >= 0.3 is 6.03 Å². The van der Waals surface area contributed by atoms with Crippen molar-refractivity contribution < 1.29 is 19.1 Å². The number of rotatable bonds is 4. The number of thiophene rings is 1. The highest BCUT2D eigenvalue weighted by molar-refractivity contribution is 7.12. The standard InChI is InChI=1S/C27H35N3O4S/c1-5-30-26(32)29-17-19-16-20(33-3)8-9-21(34-4)24(19)18(2)15-23(29)27(30)10-12-28(13-11-27)25(31)22-7-6-14-35-22/h6-7,14-16,18,21H,5,8-13,17H2,1-4H3/t18-,21?/m0/s1. The van der Waals surface area contributed by atoms with E-state index >= 15 is 0 Å². The Hall–Kier alpha value is -2.58. The predicted octanol–water partition coefficient (Wildman–Crippen LogP) is 4.65. The second-order valence-electron chi connectivity index (χ2n) is 9.81. The average molecular weight is 498 g/mol. The molecule has 1 unspecified atom stereocenters. The number of hydrogen-bond acceptors (Lipinski definition) is 5. The minimum absolute atomic E-state index is 0.000582. The summed E-state index contributed by atoms with van der Waals surface area (Å²) in [7, 11) is 3.48. The lowest BCUT2D eigenvalue weighted by Crippen LogP contribution is -2.54. The molecule has 0 saturated carbocycles. The van der Waals surface area contributed by atoms with Gasteiger partial charge in [-0.05, 0) is 54.9 Å². The van der Waals surface area contributed by atoms with E-state index in [1.807, 2.05) is 32.2 Å². The van der Waals surface area contributed by atoms with Crippen LogP contribution in [0, 0.1) is 5.92 Å². The zero-order valence-electron chi connectivity index (χ0n) is 21.1. The van der Waals surface area contributed by atoms with E-state index in [1.165, 1.54) is 16.9 Å². The third-order valence-corrected chi connectivity index (χ3v) is 9.01. The lowest BCUT2D eigenvalue weighted by molar-refractivity contribution is 0.0579. The van der Waals surface area contributed by atoms with Gasteiger partial charge in [-0.15, -0.1) is 11.3 Å². The summed E-state index contributed by atoms with van der Waals surface area (Å²) < 4.78 is 11.6. The Morgan fingerprint density at radius 2 is 2.03 bits per heavy atom. The molecule has 1 aromatic rings. The molecule has 2 fully saturated rings. The predicted molar refractivity (Wildman–Crippen MR) is 136 cm³/mol. The molecule has 2 saturated heterocycles. The minimum Gasteiger partial charge on any atom is -0.501 e. The van der Waals surface area contributed by atoms with Crippen molar-refractivity contribution in [3.05, 3.63) is 57.1 Å². The topological polar surface area (TPSA) is 62.3 Å². The molecule has 5 rings (SSSR count). The van der Waals surface area contributed by atoms with E-state index in [0.717, 1.165) is 47.6 Å². The Bertz CT molecular complexity index is 1080. The van der Waals surface area contributed by atoms with Crippen LogP contribution in [0.15, 0.2) is 52.3 Å². The molecular weight excluding hydrogens is 462 g/mol. The first kappa shape index (κ1) is 24.1. The molecule has 4 aliphatic rings. The number of urea groups is 1. The first-order valence-electron chi connectivity index (χ1n) is 12.6. The molecule has 1 aliphatic carbocycles. The van der Waals surface area contributed by atoms with Crippen LogP contribution in [-0.2, 0) is 9.47 Å². The van der Waals surface area contributed by atoms with Crippen LogP contribution in [0.25, 0.3) is 0 Å². The minimum atomic E-state index is -0.382. The SMILES string of the molecule is CCN1C(=O)N2CC3=C(C(OC)CCC(OC)=C3)[C@@H](C)C=C2C12CCN(C(=O)c1cccs1)CC2. The van der Waals surface area contributed by atoms with Crippen molar-refractivity contribution >= 4 is 23.3 Å². The molecule has 4 heterocycles. The summed E-state index contributed by atoms with van der Waals surface area (Å²) in [5.74, 6) is 1.16. The summed E-state index contributed by atoms with van der Waals surface area (Å²) in [6.07, 6.45) is 7.59. The van der Waals surface area contributed by atoms with Crippen molar-refractivity contribution in [2.75, 3.05) is 40.4 Å².